The minimum absolute atomic E-state index is 0.0392. The summed E-state index contributed by atoms with van der Waals surface area (Å²) in [6.07, 6.45) is 8.30. The van der Waals surface area contributed by atoms with Crippen LogP contribution >= 0.6 is 0 Å². The van der Waals surface area contributed by atoms with E-state index in [0.29, 0.717) is 13.1 Å². The Bertz CT molecular complexity index is 846. The number of carbonyl (C=O) groups is 2. The van der Waals surface area contributed by atoms with E-state index in [-0.39, 0.29) is 18.2 Å². The van der Waals surface area contributed by atoms with Gasteiger partial charge in [0, 0.05) is 13.1 Å². The number of hydrogen-bond acceptors (Lipinski definition) is 2. The van der Waals surface area contributed by atoms with Crippen LogP contribution in [-0.4, -0.2) is 29.3 Å². The van der Waals surface area contributed by atoms with E-state index in [0.717, 1.165) is 30.4 Å². The highest BCUT2D eigenvalue weighted by molar-refractivity contribution is 5.88. The predicted octanol–water partition coefficient (Wildman–Crippen LogP) is 4.65. The number of rotatable bonds is 9. The third-order valence-electron chi connectivity index (χ3n) is 5.69. The van der Waals surface area contributed by atoms with Crippen LogP contribution in [0.15, 0.2) is 72.3 Å². The molecule has 4 nitrogen and oxygen atoms in total. The van der Waals surface area contributed by atoms with Crippen molar-refractivity contribution in [3.05, 3.63) is 83.4 Å². The molecule has 30 heavy (non-hydrogen) atoms. The molecule has 2 aromatic carbocycles. The van der Waals surface area contributed by atoms with Gasteiger partial charge in [-0.15, -0.1) is 0 Å². The van der Waals surface area contributed by atoms with Crippen LogP contribution < -0.4 is 5.32 Å². The van der Waals surface area contributed by atoms with Crippen LogP contribution in [0.3, 0.4) is 0 Å². The largest absolute Gasteiger partial charge is 0.354 e. The zero-order valence-electron chi connectivity index (χ0n) is 17.8. The van der Waals surface area contributed by atoms with E-state index in [1.807, 2.05) is 67.6 Å². The van der Waals surface area contributed by atoms with Crippen LogP contribution in [0.2, 0.25) is 0 Å². The van der Waals surface area contributed by atoms with Gasteiger partial charge in [-0.2, -0.15) is 0 Å². The van der Waals surface area contributed by atoms with Crippen LogP contribution in [0, 0.1) is 0 Å². The summed E-state index contributed by atoms with van der Waals surface area (Å²) in [5.74, 6) is -0.133. The molecule has 0 aromatic heterocycles. The van der Waals surface area contributed by atoms with Crippen molar-refractivity contribution in [1.82, 2.24) is 10.2 Å². The number of nitrogens with zero attached hydrogens (tertiary/aromatic N) is 1. The molecule has 1 N–H and O–H groups in total. The minimum atomic E-state index is -0.526. The highest BCUT2D eigenvalue weighted by Gasteiger charge is 2.26. The van der Waals surface area contributed by atoms with E-state index < -0.39 is 6.04 Å². The van der Waals surface area contributed by atoms with E-state index in [1.54, 1.807) is 4.90 Å². The predicted molar refractivity (Wildman–Crippen MR) is 121 cm³/mol. The summed E-state index contributed by atoms with van der Waals surface area (Å²) >= 11 is 0. The molecule has 0 bridgehead atoms. The summed E-state index contributed by atoms with van der Waals surface area (Å²) in [6, 6.07) is 19.0. The quantitative estimate of drug-likeness (QED) is 0.618. The highest BCUT2D eigenvalue weighted by Crippen LogP contribution is 2.19. The maximum absolute atomic E-state index is 13.1. The average molecular weight is 405 g/mol. The standard InChI is InChI=1S/C26H32N2O2/c1-21(26(30)27-18-17-22-11-5-2-6-12-22)28(20-24-15-9-4-10-16-24)25(29)19-23-13-7-3-8-14-23/h3-4,7-11,13-16,21H,2,5-6,12,17-20H2,1H3,(H,27,30). The summed E-state index contributed by atoms with van der Waals surface area (Å²) in [6.45, 7) is 2.87. The molecule has 3 rings (SSSR count). The topological polar surface area (TPSA) is 49.4 Å². The molecular weight excluding hydrogens is 372 g/mol. The Balaban J connectivity index is 1.63. The Morgan fingerprint density at radius 3 is 2.27 bits per heavy atom. The number of hydrogen-bond donors (Lipinski definition) is 1. The Labute approximate surface area is 180 Å². The van der Waals surface area contributed by atoms with Crippen LogP contribution in [0.25, 0.3) is 0 Å². The molecule has 0 fully saturated rings. The second-order valence-corrected chi connectivity index (χ2v) is 7.99. The first-order valence-electron chi connectivity index (χ1n) is 11.0. The van der Waals surface area contributed by atoms with Crippen molar-refractivity contribution in [2.24, 2.45) is 0 Å². The number of nitrogens with one attached hydrogen (secondary N) is 1. The molecule has 0 saturated carbocycles. The van der Waals surface area contributed by atoms with Crippen molar-refractivity contribution in [3.8, 4) is 0 Å². The molecule has 1 aliphatic rings. The molecule has 0 saturated heterocycles. The number of amides is 2. The molecular formula is C26H32N2O2. The van der Waals surface area contributed by atoms with Crippen molar-refractivity contribution < 1.29 is 9.59 Å². The van der Waals surface area contributed by atoms with Gasteiger partial charge in [0.2, 0.25) is 11.8 Å². The first kappa shape index (κ1) is 21.8. The van der Waals surface area contributed by atoms with Gasteiger partial charge < -0.3 is 10.2 Å². The van der Waals surface area contributed by atoms with Crippen molar-refractivity contribution in [2.45, 2.75) is 58.0 Å². The first-order chi connectivity index (χ1) is 14.6. The molecule has 1 unspecified atom stereocenters. The Morgan fingerprint density at radius 1 is 0.967 bits per heavy atom. The summed E-state index contributed by atoms with van der Waals surface area (Å²) in [7, 11) is 0. The van der Waals surface area contributed by atoms with E-state index in [4.69, 9.17) is 0 Å². The maximum atomic E-state index is 13.1. The smallest absolute Gasteiger partial charge is 0.242 e. The fourth-order valence-electron chi connectivity index (χ4n) is 3.86. The fraction of sp³-hybridized carbons (Fsp3) is 0.385. The van der Waals surface area contributed by atoms with Gasteiger partial charge in [0.05, 0.1) is 6.42 Å². The van der Waals surface area contributed by atoms with Crippen LogP contribution in [-0.2, 0) is 22.6 Å². The number of allylic oxidation sites excluding steroid dienone is 1. The van der Waals surface area contributed by atoms with Gasteiger partial charge in [-0.25, -0.2) is 0 Å². The molecule has 158 valence electrons. The lowest BCUT2D eigenvalue weighted by Crippen LogP contribution is -2.48. The Hall–Kier alpha value is -2.88. The van der Waals surface area contributed by atoms with E-state index in [2.05, 4.69) is 11.4 Å². The lowest BCUT2D eigenvalue weighted by atomic mass is 9.97. The van der Waals surface area contributed by atoms with E-state index in [1.165, 1.54) is 18.4 Å². The fourth-order valence-corrected chi connectivity index (χ4v) is 3.86. The van der Waals surface area contributed by atoms with Gasteiger partial charge in [0.15, 0.2) is 0 Å². The van der Waals surface area contributed by atoms with Crippen molar-refractivity contribution >= 4 is 11.8 Å². The molecule has 1 atom stereocenters. The van der Waals surface area contributed by atoms with Gasteiger partial charge in [-0.05, 0) is 50.2 Å². The summed E-state index contributed by atoms with van der Waals surface area (Å²) in [4.78, 5) is 27.7. The van der Waals surface area contributed by atoms with Crippen LogP contribution in [0.4, 0.5) is 0 Å². The van der Waals surface area contributed by atoms with Gasteiger partial charge >= 0.3 is 0 Å². The Morgan fingerprint density at radius 2 is 1.63 bits per heavy atom. The average Bonchev–Trinajstić information content (AvgIpc) is 2.79. The summed E-state index contributed by atoms with van der Waals surface area (Å²) < 4.78 is 0. The van der Waals surface area contributed by atoms with Crippen molar-refractivity contribution in [1.29, 1.82) is 0 Å². The monoisotopic (exact) mass is 404 g/mol. The molecule has 1 aliphatic carbocycles. The lowest BCUT2D eigenvalue weighted by Gasteiger charge is -2.29. The van der Waals surface area contributed by atoms with Crippen molar-refractivity contribution in [2.75, 3.05) is 6.54 Å². The van der Waals surface area contributed by atoms with E-state index >= 15 is 0 Å². The molecule has 4 heteroatoms. The summed E-state index contributed by atoms with van der Waals surface area (Å²) in [5, 5.41) is 3.04. The first-order valence-corrected chi connectivity index (χ1v) is 11.0. The molecule has 0 aliphatic heterocycles. The van der Waals surface area contributed by atoms with E-state index in [9.17, 15) is 9.59 Å². The SMILES string of the molecule is CC(C(=O)NCCC1=CCCCC1)N(Cc1ccccc1)C(=O)Cc1ccccc1. The van der Waals surface area contributed by atoms with Crippen LogP contribution in [0.5, 0.6) is 0 Å². The second-order valence-electron chi connectivity index (χ2n) is 7.99. The maximum Gasteiger partial charge on any atom is 0.242 e. The van der Waals surface area contributed by atoms with Gasteiger partial charge in [-0.3, -0.25) is 9.59 Å². The zero-order chi connectivity index (χ0) is 21.2. The number of benzene rings is 2. The molecule has 0 spiro atoms. The van der Waals surface area contributed by atoms with Gasteiger partial charge in [-0.1, -0.05) is 72.3 Å². The third kappa shape index (κ3) is 6.58. The normalized spacial score (nSPS) is 14.5. The lowest BCUT2D eigenvalue weighted by molar-refractivity contribution is -0.140. The summed E-state index contributed by atoms with van der Waals surface area (Å²) in [5.41, 5.74) is 3.42. The van der Waals surface area contributed by atoms with Gasteiger partial charge in [0.25, 0.3) is 0 Å². The molecule has 2 amide bonds. The second kappa shape index (κ2) is 11.3. The van der Waals surface area contributed by atoms with Crippen molar-refractivity contribution in [3.63, 3.8) is 0 Å². The minimum Gasteiger partial charge on any atom is -0.354 e. The molecule has 2 aromatic rings. The third-order valence-corrected chi connectivity index (χ3v) is 5.69. The molecule has 0 radical (unpaired) electrons. The van der Waals surface area contributed by atoms with Crippen LogP contribution in [0.1, 0.15) is 50.2 Å². The highest BCUT2D eigenvalue weighted by atomic mass is 16.2. The zero-order valence-corrected chi connectivity index (χ0v) is 17.8. The number of carbonyl (C=O) groups excluding carboxylic acids is 2. The van der Waals surface area contributed by atoms with Gasteiger partial charge in [0.1, 0.15) is 6.04 Å². The molecule has 0 heterocycles. The Kier molecular flexibility index (Phi) is 8.25.